The molecule has 1 heterocycles. The van der Waals surface area contributed by atoms with Gasteiger partial charge in [-0.15, -0.1) is 5.10 Å². The third kappa shape index (κ3) is 4.28. The van der Waals surface area contributed by atoms with Gasteiger partial charge in [-0.3, -0.25) is 14.9 Å². The number of benzene rings is 1. The molecular weight excluding hydrogens is 332 g/mol. The van der Waals surface area contributed by atoms with Gasteiger partial charge in [-0.05, 0) is 26.3 Å². The molecule has 0 saturated carbocycles. The Kier molecular flexibility index (Phi) is 5.98. The summed E-state index contributed by atoms with van der Waals surface area (Å²) in [5.74, 6) is -1.04. The normalized spacial score (nSPS) is 11.9. The van der Waals surface area contributed by atoms with Crippen molar-refractivity contribution in [3.05, 3.63) is 28.3 Å². The minimum atomic E-state index is -0.934. The van der Waals surface area contributed by atoms with Crippen molar-refractivity contribution in [3.8, 4) is 0 Å². The fourth-order valence-electron chi connectivity index (χ4n) is 2.33. The Labute approximate surface area is 142 Å². The van der Waals surface area contributed by atoms with Crippen LogP contribution in [0.25, 0.3) is 11.0 Å². The van der Waals surface area contributed by atoms with Crippen LogP contribution in [0, 0.1) is 10.1 Å². The number of fused-ring (bicyclic) bond motifs is 1. The number of nitro groups is 1. The molecule has 2 aromatic rings. The number of carbonyl (C=O) groups excluding carboxylic acids is 2. The minimum Gasteiger partial charge on any atom is -0.466 e. The molecule has 0 aliphatic rings. The van der Waals surface area contributed by atoms with Crippen LogP contribution in [-0.4, -0.2) is 45.1 Å². The monoisotopic (exact) mass is 350 g/mol. The van der Waals surface area contributed by atoms with Crippen LogP contribution in [0.1, 0.15) is 32.7 Å². The second-order valence-corrected chi connectivity index (χ2v) is 5.08. The maximum absolute atomic E-state index is 12.3. The lowest BCUT2D eigenvalue weighted by Crippen LogP contribution is -2.24. The molecule has 1 aromatic carbocycles. The standard InChI is InChI=1S/C15H18N4O6/c1-3-24-14(20)8-7-12(15(21)25-4-2)18-13-9-10(19(22)23)5-6-11(13)16-17-18/h5-6,9,12H,3-4,7-8H2,1-2H3. The average Bonchev–Trinajstić information content (AvgIpc) is 2.98. The fraction of sp³-hybridized carbons (Fsp3) is 0.467. The molecule has 0 fully saturated rings. The number of carbonyl (C=O) groups is 2. The maximum Gasteiger partial charge on any atom is 0.331 e. The van der Waals surface area contributed by atoms with E-state index in [9.17, 15) is 19.7 Å². The van der Waals surface area contributed by atoms with E-state index in [0.717, 1.165) is 0 Å². The van der Waals surface area contributed by atoms with Crippen LogP contribution < -0.4 is 0 Å². The van der Waals surface area contributed by atoms with E-state index in [2.05, 4.69) is 10.3 Å². The highest BCUT2D eigenvalue weighted by Crippen LogP contribution is 2.24. The van der Waals surface area contributed by atoms with Crippen molar-refractivity contribution < 1.29 is 24.0 Å². The van der Waals surface area contributed by atoms with Gasteiger partial charge >= 0.3 is 11.9 Å². The molecule has 0 spiro atoms. The molecule has 1 unspecified atom stereocenters. The molecule has 10 heteroatoms. The van der Waals surface area contributed by atoms with Gasteiger partial charge in [-0.1, -0.05) is 5.21 Å². The maximum atomic E-state index is 12.3. The van der Waals surface area contributed by atoms with Crippen LogP contribution in [0.3, 0.4) is 0 Å². The van der Waals surface area contributed by atoms with Gasteiger partial charge in [0.2, 0.25) is 0 Å². The molecule has 0 bridgehead atoms. The lowest BCUT2D eigenvalue weighted by Gasteiger charge is -2.15. The van der Waals surface area contributed by atoms with E-state index in [1.807, 2.05) is 0 Å². The Morgan fingerprint density at radius 1 is 1.28 bits per heavy atom. The SMILES string of the molecule is CCOC(=O)CCC(C(=O)OCC)n1nnc2ccc([N+](=O)[O-])cc21. The van der Waals surface area contributed by atoms with Crippen molar-refractivity contribution in [1.82, 2.24) is 15.0 Å². The number of non-ortho nitro benzene ring substituents is 1. The Hall–Kier alpha value is -3.04. The van der Waals surface area contributed by atoms with Crippen molar-refractivity contribution in [2.45, 2.75) is 32.7 Å². The van der Waals surface area contributed by atoms with Gasteiger partial charge in [0.25, 0.3) is 5.69 Å². The highest BCUT2D eigenvalue weighted by Gasteiger charge is 2.27. The van der Waals surface area contributed by atoms with Gasteiger partial charge in [-0.2, -0.15) is 0 Å². The summed E-state index contributed by atoms with van der Waals surface area (Å²) in [5.41, 5.74) is 0.566. The molecule has 25 heavy (non-hydrogen) atoms. The molecular formula is C15H18N4O6. The Morgan fingerprint density at radius 3 is 2.64 bits per heavy atom. The molecule has 0 saturated heterocycles. The van der Waals surface area contributed by atoms with Crippen LogP contribution in [-0.2, 0) is 19.1 Å². The zero-order chi connectivity index (χ0) is 18.4. The number of nitrogens with zero attached hydrogens (tertiary/aromatic N) is 4. The largest absolute Gasteiger partial charge is 0.466 e. The van der Waals surface area contributed by atoms with Gasteiger partial charge in [0.05, 0.1) is 23.7 Å². The van der Waals surface area contributed by atoms with Crippen molar-refractivity contribution in [3.63, 3.8) is 0 Å². The van der Waals surface area contributed by atoms with Gasteiger partial charge in [0, 0.05) is 18.6 Å². The number of ether oxygens (including phenoxy) is 2. The third-order valence-electron chi connectivity index (χ3n) is 3.45. The van der Waals surface area contributed by atoms with E-state index >= 15 is 0 Å². The summed E-state index contributed by atoms with van der Waals surface area (Å²) in [5, 5.41) is 18.8. The van der Waals surface area contributed by atoms with E-state index in [4.69, 9.17) is 9.47 Å². The predicted molar refractivity (Wildman–Crippen MR) is 85.7 cm³/mol. The summed E-state index contributed by atoms with van der Waals surface area (Å²) < 4.78 is 11.1. The van der Waals surface area contributed by atoms with Crippen LogP contribution in [0.4, 0.5) is 5.69 Å². The topological polar surface area (TPSA) is 126 Å². The van der Waals surface area contributed by atoms with E-state index in [1.165, 1.54) is 22.9 Å². The summed E-state index contributed by atoms with van der Waals surface area (Å²) in [6.45, 7) is 3.73. The van der Waals surface area contributed by atoms with Crippen molar-refractivity contribution in [1.29, 1.82) is 0 Å². The summed E-state index contributed by atoms with van der Waals surface area (Å²) in [7, 11) is 0. The number of aromatic nitrogens is 3. The second kappa shape index (κ2) is 8.18. The first-order valence-corrected chi connectivity index (χ1v) is 7.79. The van der Waals surface area contributed by atoms with Crippen LogP contribution in [0.2, 0.25) is 0 Å². The predicted octanol–water partition coefficient (Wildman–Crippen LogP) is 1.79. The Bertz CT molecular complexity index is 787. The van der Waals surface area contributed by atoms with Gasteiger partial charge in [0.15, 0.2) is 6.04 Å². The van der Waals surface area contributed by atoms with Gasteiger partial charge in [-0.25, -0.2) is 9.48 Å². The molecule has 0 amide bonds. The first kappa shape index (κ1) is 18.3. The third-order valence-corrected chi connectivity index (χ3v) is 3.45. The lowest BCUT2D eigenvalue weighted by molar-refractivity contribution is -0.384. The molecule has 0 aliphatic carbocycles. The summed E-state index contributed by atoms with van der Waals surface area (Å²) in [6.07, 6.45) is 0.0619. The highest BCUT2D eigenvalue weighted by atomic mass is 16.6. The number of hydrogen-bond acceptors (Lipinski definition) is 8. The fourth-order valence-corrected chi connectivity index (χ4v) is 2.33. The van der Waals surface area contributed by atoms with E-state index in [1.54, 1.807) is 13.8 Å². The first-order chi connectivity index (χ1) is 12.0. The number of esters is 2. The van der Waals surface area contributed by atoms with E-state index in [0.29, 0.717) is 11.0 Å². The van der Waals surface area contributed by atoms with Crippen molar-refractivity contribution in [2.24, 2.45) is 0 Å². The molecule has 0 N–H and O–H groups in total. The quantitative estimate of drug-likeness (QED) is 0.400. The number of nitro benzene ring substituents is 1. The first-order valence-electron chi connectivity index (χ1n) is 7.79. The molecule has 0 radical (unpaired) electrons. The van der Waals surface area contributed by atoms with Crippen molar-refractivity contribution in [2.75, 3.05) is 13.2 Å². The van der Waals surface area contributed by atoms with Crippen LogP contribution in [0.5, 0.6) is 0 Å². The second-order valence-electron chi connectivity index (χ2n) is 5.08. The van der Waals surface area contributed by atoms with E-state index < -0.39 is 22.9 Å². The molecule has 1 atom stereocenters. The number of rotatable bonds is 8. The molecule has 1 aromatic heterocycles. The van der Waals surface area contributed by atoms with Gasteiger partial charge < -0.3 is 9.47 Å². The molecule has 134 valence electrons. The summed E-state index contributed by atoms with van der Waals surface area (Å²) in [6, 6.07) is 3.10. The van der Waals surface area contributed by atoms with Crippen molar-refractivity contribution >= 4 is 28.7 Å². The minimum absolute atomic E-state index is 0.0202. The highest BCUT2D eigenvalue weighted by molar-refractivity contribution is 5.81. The Balaban J connectivity index is 2.37. The smallest absolute Gasteiger partial charge is 0.331 e. The van der Waals surface area contributed by atoms with Crippen LogP contribution in [0.15, 0.2) is 18.2 Å². The molecule has 10 nitrogen and oxygen atoms in total. The molecule has 0 aliphatic heterocycles. The zero-order valence-electron chi connectivity index (χ0n) is 13.9. The lowest BCUT2D eigenvalue weighted by atomic mass is 10.1. The Morgan fingerprint density at radius 2 is 2.00 bits per heavy atom. The summed E-state index contributed by atoms with van der Waals surface area (Å²) in [4.78, 5) is 34.3. The average molecular weight is 350 g/mol. The van der Waals surface area contributed by atoms with Crippen LogP contribution >= 0.6 is 0 Å². The molecule has 2 rings (SSSR count). The number of hydrogen-bond donors (Lipinski definition) is 0. The van der Waals surface area contributed by atoms with E-state index in [-0.39, 0.29) is 31.7 Å². The summed E-state index contributed by atoms with van der Waals surface area (Å²) >= 11 is 0. The van der Waals surface area contributed by atoms with Gasteiger partial charge in [0.1, 0.15) is 5.52 Å². The zero-order valence-corrected chi connectivity index (χ0v) is 13.9.